The summed E-state index contributed by atoms with van der Waals surface area (Å²) in [6.07, 6.45) is 1.27. The number of benzene rings is 2. The van der Waals surface area contributed by atoms with Crippen LogP contribution in [0.25, 0.3) is 0 Å². The molecule has 0 unspecified atom stereocenters. The fourth-order valence-electron chi connectivity index (χ4n) is 2.01. The molecule has 0 radical (unpaired) electrons. The Bertz CT molecular complexity index is 917. The third-order valence-electron chi connectivity index (χ3n) is 3.28. The summed E-state index contributed by atoms with van der Waals surface area (Å²) in [6.45, 7) is 1.46. The highest BCUT2D eigenvalue weighted by molar-refractivity contribution is 6.05. The second-order valence-electron chi connectivity index (χ2n) is 5.10. The summed E-state index contributed by atoms with van der Waals surface area (Å²) in [6, 6.07) is 16.8. The van der Waals surface area contributed by atoms with Gasteiger partial charge in [0.15, 0.2) is 5.78 Å². The quantitative estimate of drug-likeness (QED) is 0.645. The number of allylic oxidation sites excluding steroid dienone is 1. The van der Waals surface area contributed by atoms with Gasteiger partial charge in [-0.1, -0.05) is 18.2 Å². The van der Waals surface area contributed by atoms with Crippen molar-refractivity contribution in [3.05, 3.63) is 71.4 Å². The van der Waals surface area contributed by atoms with Gasteiger partial charge < -0.3 is 10.6 Å². The molecule has 2 N–H and O–H groups in total. The van der Waals surface area contributed by atoms with Crippen molar-refractivity contribution in [3.8, 4) is 12.1 Å². The second-order valence-corrected chi connectivity index (χ2v) is 5.10. The van der Waals surface area contributed by atoms with Crippen LogP contribution < -0.4 is 10.6 Å². The summed E-state index contributed by atoms with van der Waals surface area (Å²) < 4.78 is 0. The van der Waals surface area contributed by atoms with E-state index in [0.29, 0.717) is 22.5 Å². The Kier molecular flexibility index (Phi) is 5.65. The Morgan fingerprint density at radius 2 is 1.56 bits per heavy atom. The Morgan fingerprint density at radius 1 is 0.960 bits per heavy atom. The van der Waals surface area contributed by atoms with Crippen LogP contribution in [0.15, 0.2) is 60.3 Å². The van der Waals surface area contributed by atoms with E-state index in [-0.39, 0.29) is 17.3 Å². The molecule has 0 aliphatic rings. The second kappa shape index (κ2) is 8.09. The van der Waals surface area contributed by atoms with Gasteiger partial charge in [0.25, 0.3) is 5.91 Å². The summed E-state index contributed by atoms with van der Waals surface area (Å²) in [5.74, 6) is -0.422. The number of amides is 1. The van der Waals surface area contributed by atoms with E-state index in [1.54, 1.807) is 60.7 Å². The van der Waals surface area contributed by atoms with Crippen molar-refractivity contribution in [3.63, 3.8) is 0 Å². The number of rotatable bonds is 5. The van der Waals surface area contributed by atoms with E-state index in [4.69, 9.17) is 10.5 Å². The highest BCUT2D eigenvalue weighted by Gasteiger charge is 2.08. The maximum Gasteiger partial charge on any atom is 0.255 e. The standard InChI is InChI=1S/C19H14N4O2/c1-13(24)15-4-2-7-18(8-15)23-19(25)16-5-3-6-17(9-16)22-12-14(10-20)11-21/h2-9,12,22H,1H3,(H,23,25). The van der Waals surface area contributed by atoms with Crippen molar-refractivity contribution in [2.45, 2.75) is 6.92 Å². The molecule has 6 heteroatoms. The number of carbonyl (C=O) groups excluding carboxylic acids is 2. The molecule has 1 amide bonds. The molecular formula is C19H14N4O2. The lowest BCUT2D eigenvalue weighted by atomic mass is 10.1. The van der Waals surface area contributed by atoms with E-state index in [0.717, 1.165) is 0 Å². The Labute approximate surface area is 145 Å². The van der Waals surface area contributed by atoms with E-state index in [1.807, 2.05) is 0 Å². The zero-order chi connectivity index (χ0) is 18.2. The van der Waals surface area contributed by atoms with Crippen molar-refractivity contribution < 1.29 is 9.59 Å². The maximum atomic E-state index is 12.4. The molecular weight excluding hydrogens is 316 g/mol. The molecule has 0 fully saturated rings. The predicted molar refractivity (Wildman–Crippen MR) is 93.8 cm³/mol. The molecule has 0 heterocycles. The topological polar surface area (TPSA) is 106 Å². The van der Waals surface area contributed by atoms with Gasteiger partial charge in [0, 0.05) is 28.7 Å². The van der Waals surface area contributed by atoms with Crippen LogP contribution in [0.2, 0.25) is 0 Å². The lowest BCUT2D eigenvalue weighted by Crippen LogP contribution is -2.12. The third-order valence-corrected chi connectivity index (χ3v) is 3.28. The molecule has 2 aromatic rings. The lowest BCUT2D eigenvalue weighted by molar-refractivity contribution is 0.101. The predicted octanol–water partition coefficient (Wildman–Crippen LogP) is 3.48. The van der Waals surface area contributed by atoms with Crippen molar-refractivity contribution in [2.75, 3.05) is 10.6 Å². The Morgan fingerprint density at radius 3 is 2.20 bits per heavy atom. The molecule has 0 aliphatic heterocycles. The van der Waals surface area contributed by atoms with E-state index in [1.165, 1.54) is 13.1 Å². The van der Waals surface area contributed by atoms with Gasteiger partial charge in [-0.15, -0.1) is 0 Å². The summed E-state index contributed by atoms with van der Waals surface area (Å²) in [5.41, 5.74) is 1.91. The number of hydrogen-bond acceptors (Lipinski definition) is 5. The number of nitrogens with zero attached hydrogens (tertiary/aromatic N) is 2. The number of hydrogen-bond donors (Lipinski definition) is 2. The monoisotopic (exact) mass is 330 g/mol. The zero-order valence-corrected chi connectivity index (χ0v) is 13.4. The zero-order valence-electron chi connectivity index (χ0n) is 13.4. The molecule has 6 nitrogen and oxygen atoms in total. The highest BCUT2D eigenvalue weighted by atomic mass is 16.1. The number of Topliss-reactive ketones (excluding diaryl/α,β-unsaturated/α-hetero) is 1. The van der Waals surface area contributed by atoms with Crippen LogP contribution >= 0.6 is 0 Å². The first-order chi connectivity index (χ1) is 12.0. The fourth-order valence-corrected chi connectivity index (χ4v) is 2.01. The van der Waals surface area contributed by atoms with Gasteiger partial charge in [-0.3, -0.25) is 9.59 Å². The van der Waals surface area contributed by atoms with E-state index in [9.17, 15) is 9.59 Å². The molecule has 0 saturated heterocycles. The molecule has 2 aromatic carbocycles. The maximum absolute atomic E-state index is 12.4. The minimum absolute atomic E-state index is 0.0732. The van der Waals surface area contributed by atoms with Crippen molar-refractivity contribution >= 4 is 23.1 Å². The first kappa shape index (κ1) is 17.5. The average Bonchev–Trinajstić information content (AvgIpc) is 2.63. The van der Waals surface area contributed by atoms with Crippen LogP contribution in [0.5, 0.6) is 0 Å². The first-order valence-electron chi connectivity index (χ1n) is 7.33. The van der Waals surface area contributed by atoms with Gasteiger partial charge in [0.05, 0.1) is 0 Å². The number of anilines is 2. The largest absolute Gasteiger partial charge is 0.360 e. The third kappa shape index (κ3) is 4.78. The Balaban J connectivity index is 2.15. The minimum Gasteiger partial charge on any atom is -0.360 e. The number of nitrogens with one attached hydrogen (secondary N) is 2. The SMILES string of the molecule is CC(=O)c1cccc(NC(=O)c2cccc(NC=C(C#N)C#N)c2)c1. The lowest BCUT2D eigenvalue weighted by Gasteiger charge is -2.08. The van der Waals surface area contributed by atoms with Gasteiger partial charge in [0.1, 0.15) is 17.7 Å². The average molecular weight is 330 g/mol. The van der Waals surface area contributed by atoms with Gasteiger partial charge in [-0.05, 0) is 37.3 Å². The van der Waals surface area contributed by atoms with Crippen molar-refractivity contribution in [1.29, 1.82) is 10.5 Å². The molecule has 2 rings (SSSR count). The van der Waals surface area contributed by atoms with Gasteiger partial charge in [-0.25, -0.2) is 0 Å². The molecule has 0 atom stereocenters. The molecule has 25 heavy (non-hydrogen) atoms. The van der Waals surface area contributed by atoms with Crippen molar-refractivity contribution in [2.24, 2.45) is 0 Å². The highest BCUT2D eigenvalue weighted by Crippen LogP contribution is 2.15. The van der Waals surface area contributed by atoms with E-state index in [2.05, 4.69) is 10.6 Å². The minimum atomic E-state index is -0.339. The van der Waals surface area contributed by atoms with Crippen LogP contribution in [-0.4, -0.2) is 11.7 Å². The number of ketones is 1. The molecule has 0 spiro atoms. The van der Waals surface area contributed by atoms with Gasteiger partial charge in [0.2, 0.25) is 0 Å². The summed E-state index contributed by atoms with van der Waals surface area (Å²) in [4.78, 5) is 23.8. The van der Waals surface area contributed by atoms with Crippen LogP contribution in [0.1, 0.15) is 27.6 Å². The van der Waals surface area contributed by atoms with Crippen LogP contribution in [0, 0.1) is 22.7 Å². The number of carbonyl (C=O) groups is 2. The molecule has 0 aliphatic carbocycles. The molecule has 0 aromatic heterocycles. The van der Waals surface area contributed by atoms with Gasteiger partial charge in [-0.2, -0.15) is 10.5 Å². The molecule has 0 bridgehead atoms. The van der Waals surface area contributed by atoms with Crippen molar-refractivity contribution in [1.82, 2.24) is 0 Å². The molecule has 0 saturated carbocycles. The van der Waals surface area contributed by atoms with Gasteiger partial charge >= 0.3 is 0 Å². The Hall–Kier alpha value is -3.90. The summed E-state index contributed by atoms with van der Waals surface area (Å²) >= 11 is 0. The van der Waals surface area contributed by atoms with Crippen LogP contribution in [-0.2, 0) is 0 Å². The van der Waals surface area contributed by atoms with E-state index < -0.39 is 0 Å². The fraction of sp³-hybridized carbons (Fsp3) is 0.0526. The molecule has 122 valence electrons. The smallest absolute Gasteiger partial charge is 0.255 e. The normalized spacial score (nSPS) is 9.24. The summed E-state index contributed by atoms with van der Waals surface area (Å²) in [7, 11) is 0. The number of nitriles is 2. The van der Waals surface area contributed by atoms with Crippen LogP contribution in [0.4, 0.5) is 11.4 Å². The summed E-state index contributed by atoms with van der Waals surface area (Å²) in [5, 5.41) is 22.9. The van der Waals surface area contributed by atoms with E-state index >= 15 is 0 Å². The first-order valence-corrected chi connectivity index (χ1v) is 7.33. The van der Waals surface area contributed by atoms with Crippen LogP contribution in [0.3, 0.4) is 0 Å².